The van der Waals surface area contributed by atoms with Gasteiger partial charge in [0.15, 0.2) is 0 Å². The van der Waals surface area contributed by atoms with E-state index in [4.69, 9.17) is 14.2 Å². The molecule has 0 amide bonds. The van der Waals surface area contributed by atoms with Crippen molar-refractivity contribution in [3.8, 4) is 5.75 Å². The molecule has 25 heavy (non-hydrogen) atoms. The number of hydrogen-bond donors (Lipinski definition) is 0. The summed E-state index contributed by atoms with van der Waals surface area (Å²) in [5.74, 6) is 0.337. The smallest absolute Gasteiger partial charge is 0.330 e. The van der Waals surface area contributed by atoms with Crippen LogP contribution in [0, 0.1) is 0 Å². The van der Waals surface area contributed by atoms with E-state index in [0.717, 1.165) is 11.8 Å². The van der Waals surface area contributed by atoms with Crippen LogP contribution in [0.2, 0.25) is 0 Å². The van der Waals surface area contributed by atoms with Gasteiger partial charge in [-0.25, -0.2) is 4.79 Å². The number of carbonyl (C=O) groups excluding carboxylic acids is 1. The van der Waals surface area contributed by atoms with Crippen molar-refractivity contribution in [2.24, 2.45) is 0 Å². The zero-order valence-corrected chi connectivity index (χ0v) is 14.0. The molecule has 1 fully saturated rings. The van der Waals surface area contributed by atoms with Crippen molar-refractivity contribution in [1.29, 1.82) is 0 Å². The average Bonchev–Trinajstić information content (AvgIpc) is 3.47. The molecule has 0 aliphatic carbocycles. The number of hydrogen-bond acceptors (Lipinski definition) is 4. The summed E-state index contributed by atoms with van der Waals surface area (Å²) in [5.41, 5.74) is 1.25. The Labute approximate surface area is 148 Å². The molecule has 0 saturated carbocycles. The van der Waals surface area contributed by atoms with Crippen LogP contribution in [0.15, 0.2) is 86.0 Å². The van der Waals surface area contributed by atoms with E-state index in [-0.39, 0.29) is 18.8 Å². The topological polar surface area (TPSA) is 48.1 Å². The minimum Gasteiger partial charge on any atom is -0.490 e. The van der Waals surface area contributed by atoms with Crippen LogP contribution in [0.4, 0.5) is 0 Å². The van der Waals surface area contributed by atoms with Gasteiger partial charge in [0.25, 0.3) is 0 Å². The van der Waals surface area contributed by atoms with Crippen molar-refractivity contribution >= 4 is 5.97 Å². The Morgan fingerprint density at radius 1 is 1.00 bits per heavy atom. The molecule has 0 radical (unpaired) electrons. The molecule has 2 unspecified atom stereocenters. The van der Waals surface area contributed by atoms with Gasteiger partial charge >= 0.3 is 5.97 Å². The molecule has 0 aromatic heterocycles. The van der Waals surface area contributed by atoms with Gasteiger partial charge in [0.2, 0.25) is 0 Å². The maximum atomic E-state index is 10.6. The Kier molecular flexibility index (Phi) is 7.47. The van der Waals surface area contributed by atoms with E-state index in [1.807, 2.05) is 54.6 Å². The molecule has 1 aliphatic heterocycles. The summed E-state index contributed by atoms with van der Waals surface area (Å²) in [4.78, 5) is 10.6. The summed E-state index contributed by atoms with van der Waals surface area (Å²) >= 11 is 0. The maximum Gasteiger partial charge on any atom is 0.330 e. The number of esters is 1. The second-order valence-corrected chi connectivity index (χ2v) is 5.20. The monoisotopic (exact) mass is 338 g/mol. The van der Waals surface area contributed by atoms with E-state index in [2.05, 4.69) is 25.3 Å². The Balaban J connectivity index is 0.000000185. The zero-order valence-electron chi connectivity index (χ0n) is 14.0. The Bertz CT molecular complexity index is 667. The van der Waals surface area contributed by atoms with Gasteiger partial charge in [-0.05, 0) is 17.7 Å². The molecule has 4 nitrogen and oxygen atoms in total. The van der Waals surface area contributed by atoms with Gasteiger partial charge in [-0.3, -0.25) is 0 Å². The van der Waals surface area contributed by atoms with Crippen molar-refractivity contribution in [2.45, 2.75) is 12.2 Å². The Morgan fingerprint density at radius 2 is 1.64 bits per heavy atom. The first-order valence-electron chi connectivity index (χ1n) is 8.04. The van der Waals surface area contributed by atoms with Gasteiger partial charge in [-0.2, -0.15) is 0 Å². The predicted octanol–water partition coefficient (Wildman–Crippen LogP) is 4.11. The molecule has 1 saturated heterocycles. The van der Waals surface area contributed by atoms with E-state index in [9.17, 15) is 4.79 Å². The fourth-order valence-corrected chi connectivity index (χ4v) is 2.09. The maximum absolute atomic E-state index is 10.6. The highest BCUT2D eigenvalue weighted by Crippen LogP contribution is 2.38. The minimum atomic E-state index is -0.429. The number of benzene rings is 2. The van der Waals surface area contributed by atoms with Gasteiger partial charge in [-0.1, -0.05) is 61.2 Å². The molecule has 1 heterocycles. The van der Waals surface area contributed by atoms with E-state index >= 15 is 0 Å². The molecule has 1 aliphatic rings. The molecule has 0 N–H and O–H groups in total. The summed E-state index contributed by atoms with van der Waals surface area (Å²) < 4.78 is 15.4. The molecule has 130 valence electrons. The number of rotatable bonds is 7. The highest BCUT2D eigenvalue weighted by Gasteiger charge is 2.36. The van der Waals surface area contributed by atoms with Gasteiger partial charge in [0.1, 0.15) is 31.2 Å². The van der Waals surface area contributed by atoms with Crippen molar-refractivity contribution < 1.29 is 19.0 Å². The third kappa shape index (κ3) is 6.65. The van der Waals surface area contributed by atoms with Crippen molar-refractivity contribution in [3.63, 3.8) is 0 Å². The standard InChI is InChI=1S/C11H12O3.C10H10O/c1-2-11(12)14-9-8-13-10-6-4-3-5-7-10;1-2-9-10(11-9)8-6-4-3-5-7-8/h2-7H,1,8-9H2;2-7,9-10H,1H2. The summed E-state index contributed by atoms with van der Waals surface area (Å²) in [7, 11) is 0. The van der Waals surface area contributed by atoms with Gasteiger partial charge in [0, 0.05) is 6.08 Å². The first-order chi connectivity index (χ1) is 12.2. The molecular formula is C21H22O4. The second kappa shape index (κ2) is 10.1. The van der Waals surface area contributed by atoms with Crippen LogP contribution in [-0.2, 0) is 14.3 Å². The summed E-state index contributed by atoms with van der Waals surface area (Å²) in [6.07, 6.45) is 3.49. The predicted molar refractivity (Wildman–Crippen MR) is 97.3 cm³/mol. The van der Waals surface area contributed by atoms with Crippen LogP contribution >= 0.6 is 0 Å². The largest absolute Gasteiger partial charge is 0.490 e. The minimum absolute atomic E-state index is 0.236. The van der Waals surface area contributed by atoms with E-state index in [0.29, 0.717) is 6.61 Å². The third-order valence-corrected chi connectivity index (χ3v) is 3.39. The van der Waals surface area contributed by atoms with E-state index < -0.39 is 5.97 Å². The lowest BCUT2D eigenvalue weighted by molar-refractivity contribution is -0.138. The normalized spacial score (nSPS) is 17.4. The lowest BCUT2D eigenvalue weighted by Gasteiger charge is -2.05. The highest BCUT2D eigenvalue weighted by atomic mass is 16.6. The molecule has 3 rings (SSSR count). The van der Waals surface area contributed by atoms with Crippen LogP contribution in [0.1, 0.15) is 11.7 Å². The SMILES string of the molecule is C=CC(=O)OCCOc1ccccc1.C=CC1OC1c1ccccc1. The molecule has 4 heteroatoms. The third-order valence-electron chi connectivity index (χ3n) is 3.39. The lowest BCUT2D eigenvalue weighted by atomic mass is 10.1. The van der Waals surface area contributed by atoms with Gasteiger partial charge < -0.3 is 14.2 Å². The van der Waals surface area contributed by atoms with Crippen molar-refractivity contribution in [1.82, 2.24) is 0 Å². The van der Waals surface area contributed by atoms with Gasteiger partial charge in [-0.15, -0.1) is 6.58 Å². The second-order valence-electron chi connectivity index (χ2n) is 5.20. The number of para-hydroxylation sites is 1. The number of carbonyl (C=O) groups is 1. The molecular weight excluding hydrogens is 316 g/mol. The number of epoxide rings is 1. The highest BCUT2D eigenvalue weighted by molar-refractivity contribution is 5.81. The van der Waals surface area contributed by atoms with Crippen molar-refractivity contribution in [3.05, 3.63) is 91.5 Å². The molecule has 0 bridgehead atoms. The summed E-state index contributed by atoms with van der Waals surface area (Å²) in [6, 6.07) is 19.6. The van der Waals surface area contributed by atoms with Crippen LogP contribution < -0.4 is 4.74 Å². The van der Waals surface area contributed by atoms with Crippen molar-refractivity contribution in [2.75, 3.05) is 13.2 Å². The molecule has 2 aromatic rings. The van der Waals surface area contributed by atoms with Crippen LogP contribution in [-0.4, -0.2) is 25.3 Å². The molecule has 2 aromatic carbocycles. The Morgan fingerprint density at radius 3 is 2.20 bits per heavy atom. The van der Waals surface area contributed by atoms with E-state index in [1.54, 1.807) is 0 Å². The summed E-state index contributed by atoms with van der Waals surface area (Å²) in [5, 5.41) is 0. The van der Waals surface area contributed by atoms with Gasteiger partial charge in [0.05, 0.1) is 0 Å². The summed E-state index contributed by atoms with van der Waals surface area (Å²) in [6.45, 7) is 7.54. The fraction of sp³-hybridized carbons (Fsp3) is 0.190. The zero-order chi connectivity index (χ0) is 17.9. The Hall–Kier alpha value is -2.85. The average molecular weight is 338 g/mol. The molecule has 0 spiro atoms. The van der Waals surface area contributed by atoms with Crippen LogP contribution in [0.5, 0.6) is 5.75 Å². The first kappa shape index (κ1) is 18.5. The van der Waals surface area contributed by atoms with Crippen LogP contribution in [0.25, 0.3) is 0 Å². The first-order valence-corrected chi connectivity index (χ1v) is 8.04. The lowest BCUT2D eigenvalue weighted by Crippen LogP contribution is -2.09. The fourth-order valence-electron chi connectivity index (χ4n) is 2.09. The van der Waals surface area contributed by atoms with Crippen LogP contribution in [0.3, 0.4) is 0 Å². The van der Waals surface area contributed by atoms with E-state index in [1.165, 1.54) is 5.56 Å². The number of ether oxygens (including phenoxy) is 3. The quantitative estimate of drug-likeness (QED) is 0.251. The molecule has 2 atom stereocenters.